The zero-order chi connectivity index (χ0) is 20.1. The van der Waals surface area contributed by atoms with Crippen LogP contribution in [0, 0.1) is 40.4 Å². The predicted molar refractivity (Wildman–Crippen MR) is 106 cm³/mol. The first kappa shape index (κ1) is 19.5. The zero-order valence-electron chi connectivity index (χ0n) is 18.2. The Labute approximate surface area is 169 Å². The van der Waals surface area contributed by atoms with Crippen molar-refractivity contribution in [3.63, 3.8) is 0 Å². The summed E-state index contributed by atoms with van der Waals surface area (Å²) in [5.74, 6) is 2.15. The van der Waals surface area contributed by atoms with Crippen molar-refractivity contribution in [1.29, 1.82) is 0 Å². The molecule has 0 aromatic carbocycles. The number of carbonyl (C=O) groups is 1. The third-order valence-electron chi connectivity index (χ3n) is 9.96. The fraction of sp³-hybridized carbons (Fsp3) is 0.958. The maximum absolute atomic E-state index is 13.4. The molecule has 4 nitrogen and oxygen atoms in total. The SMILES string of the molecule is C[C@@H](O)[C@H]1CC[C@H]2[C@@H]3CC(=O)[C@H]4C[C@@H]5OC(C)(C)O[C@@H]5C[C@]4(C)[C@H]3CC[C@]12C. The van der Waals surface area contributed by atoms with Gasteiger partial charge < -0.3 is 14.6 Å². The number of ketones is 1. The summed E-state index contributed by atoms with van der Waals surface area (Å²) in [6.45, 7) is 10.8. The number of hydrogen-bond donors (Lipinski definition) is 1. The van der Waals surface area contributed by atoms with Crippen molar-refractivity contribution in [2.75, 3.05) is 0 Å². The Bertz CT molecular complexity index is 672. The molecule has 0 spiro atoms. The minimum atomic E-state index is -0.525. The maximum Gasteiger partial charge on any atom is 0.163 e. The Kier molecular flexibility index (Phi) is 4.21. The Balaban J connectivity index is 1.46. The van der Waals surface area contributed by atoms with Gasteiger partial charge in [0, 0.05) is 12.3 Å². The van der Waals surface area contributed by atoms with Crippen LogP contribution in [0.25, 0.3) is 0 Å². The van der Waals surface area contributed by atoms with Gasteiger partial charge >= 0.3 is 0 Å². The number of carbonyl (C=O) groups excluding carboxylic acids is 1. The van der Waals surface area contributed by atoms with E-state index in [0.29, 0.717) is 29.5 Å². The number of ether oxygens (including phenoxy) is 2. The Morgan fingerprint density at radius 2 is 1.68 bits per heavy atom. The van der Waals surface area contributed by atoms with E-state index < -0.39 is 5.79 Å². The predicted octanol–water partition coefficient (Wildman–Crippen LogP) is 4.34. The van der Waals surface area contributed by atoms with Gasteiger partial charge in [0.1, 0.15) is 5.78 Å². The molecule has 0 amide bonds. The van der Waals surface area contributed by atoms with Gasteiger partial charge in [-0.15, -0.1) is 0 Å². The first-order chi connectivity index (χ1) is 13.1. The average molecular weight is 391 g/mol. The molecule has 0 bridgehead atoms. The lowest BCUT2D eigenvalue weighted by atomic mass is 9.44. The van der Waals surface area contributed by atoms with E-state index in [4.69, 9.17) is 9.47 Å². The first-order valence-corrected chi connectivity index (χ1v) is 11.6. The molecule has 1 aliphatic heterocycles. The zero-order valence-corrected chi connectivity index (χ0v) is 18.2. The summed E-state index contributed by atoms with van der Waals surface area (Å²) in [5.41, 5.74) is 0.236. The van der Waals surface area contributed by atoms with Crippen molar-refractivity contribution in [2.45, 2.75) is 104 Å². The van der Waals surface area contributed by atoms with Crippen LogP contribution in [0.4, 0.5) is 0 Å². The Hall–Kier alpha value is -0.450. The molecular weight excluding hydrogens is 352 g/mol. The molecule has 1 saturated heterocycles. The molecule has 10 atom stereocenters. The molecule has 158 valence electrons. The highest BCUT2D eigenvalue weighted by Gasteiger charge is 2.65. The fourth-order valence-corrected chi connectivity index (χ4v) is 8.87. The molecule has 5 rings (SSSR count). The van der Waals surface area contributed by atoms with Gasteiger partial charge in [-0.3, -0.25) is 4.79 Å². The first-order valence-electron chi connectivity index (χ1n) is 11.6. The molecule has 4 saturated carbocycles. The lowest BCUT2D eigenvalue weighted by molar-refractivity contribution is -0.164. The van der Waals surface area contributed by atoms with E-state index in [2.05, 4.69) is 13.8 Å². The van der Waals surface area contributed by atoms with E-state index in [1.165, 1.54) is 19.3 Å². The van der Waals surface area contributed by atoms with E-state index in [0.717, 1.165) is 25.7 Å². The van der Waals surface area contributed by atoms with Crippen molar-refractivity contribution in [2.24, 2.45) is 40.4 Å². The number of aliphatic hydroxyl groups excluding tert-OH is 1. The van der Waals surface area contributed by atoms with Crippen LogP contribution in [0.5, 0.6) is 0 Å². The summed E-state index contributed by atoms with van der Waals surface area (Å²) >= 11 is 0. The quantitative estimate of drug-likeness (QED) is 0.724. The van der Waals surface area contributed by atoms with E-state index in [-0.39, 0.29) is 35.1 Å². The van der Waals surface area contributed by atoms with Gasteiger partial charge in [0.15, 0.2) is 5.79 Å². The van der Waals surface area contributed by atoms with Crippen LogP contribution in [-0.2, 0) is 14.3 Å². The van der Waals surface area contributed by atoms with Crippen molar-refractivity contribution in [3.8, 4) is 0 Å². The molecule has 4 heteroatoms. The fourth-order valence-electron chi connectivity index (χ4n) is 8.87. The number of rotatable bonds is 1. The van der Waals surface area contributed by atoms with Crippen molar-refractivity contribution in [1.82, 2.24) is 0 Å². The summed E-state index contributed by atoms with van der Waals surface area (Å²) in [6, 6.07) is 0. The summed E-state index contributed by atoms with van der Waals surface area (Å²) in [7, 11) is 0. The summed E-state index contributed by atoms with van der Waals surface area (Å²) in [5, 5.41) is 10.4. The minimum Gasteiger partial charge on any atom is -0.393 e. The topological polar surface area (TPSA) is 55.8 Å². The second-order valence-corrected chi connectivity index (χ2v) is 11.7. The van der Waals surface area contributed by atoms with E-state index >= 15 is 0 Å². The molecule has 5 aliphatic rings. The van der Waals surface area contributed by atoms with Crippen LogP contribution in [0.3, 0.4) is 0 Å². The van der Waals surface area contributed by atoms with Crippen molar-refractivity contribution in [3.05, 3.63) is 0 Å². The standard InChI is InChI=1S/C24H38O4/c1-13(25)15-6-7-16-14-10-19(26)18-11-20-21(28-22(2,3)27-20)12-24(18,5)17(14)8-9-23(15,16)4/h13-18,20-21,25H,6-12H2,1-5H3/t13-,14+,15-,16+,17+,18-,20+,21-,23-,24-/m1/s1. The number of hydrogen-bond acceptors (Lipinski definition) is 4. The van der Waals surface area contributed by atoms with Crippen molar-refractivity contribution < 1.29 is 19.4 Å². The smallest absolute Gasteiger partial charge is 0.163 e. The van der Waals surface area contributed by atoms with Crippen LogP contribution in [0.1, 0.15) is 79.6 Å². The lowest BCUT2D eigenvalue weighted by Crippen LogP contribution is -2.59. The van der Waals surface area contributed by atoms with Gasteiger partial charge in [0.05, 0.1) is 18.3 Å². The van der Waals surface area contributed by atoms with Crippen LogP contribution in [0.2, 0.25) is 0 Å². The Morgan fingerprint density at radius 3 is 2.39 bits per heavy atom. The second-order valence-electron chi connectivity index (χ2n) is 11.7. The third kappa shape index (κ3) is 2.56. The molecular formula is C24H38O4. The Morgan fingerprint density at radius 1 is 1.00 bits per heavy atom. The number of Topliss-reactive ketones (excluding diaryl/α,β-unsaturated/α-hetero) is 1. The summed E-state index contributed by atoms with van der Waals surface area (Å²) < 4.78 is 12.4. The highest BCUT2D eigenvalue weighted by molar-refractivity contribution is 5.83. The number of aliphatic hydroxyl groups is 1. The molecule has 4 aliphatic carbocycles. The monoisotopic (exact) mass is 390 g/mol. The molecule has 1 heterocycles. The van der Waals surface area contributed by atoms with Crippen molar-refractivity contribution >= 4 is 5.78 Å². The molecule has 5 fully saturated rings. The van der Waals surface area contributed by atoms with Gasteiger partial charge in [-0.05, 0) is 93.8 Å². The van der Waals surface area contributed by atoms with Gasteiger partial charge in [-0.25, -0.2) is 0 Å². The molecule has 28 heavy (non-hydrogen) atoms. The van der Waals surface area contributed by atoms with E-state index in [1.807, 2.05) is 20.8 Å². The summed E-state index contributed by atoms with van der Waals surface area (Å²) in [6.07, 6.45) is 7.21. The average Bonchev–Trinajstić information content (AvgIpc) is 3.08. The molecule has 0 unspecified atom stereocenters. The normalized spacial score (nSPS) is 55.8. The second kappa shape index (κ2) is 6.04. The van der Waals surface area contributed by atoms with Crippen LogP contribution >= 0.6 is 0 Å². The summed E-state index contributed by atoms with van der Waals surface area (Å²) in [4.78, 5) is 13.4. The van der Waals surface area contributed by atoms with Crippen LogP contribution in [-0.4, -0.2) is 35.0 Å². The van der Waals surface area contributed by atoms with E-state index in [1.54, 1.807) is 0 Å². The minimum absolute atomic E-state index is 0.0369. The van der Waals surface area contributed by atoms with Gasteiger partial charge in [0.25, 0.3) is 0 Å². The van der Waals surface area contributed by atoms with Crippen LogP contribution in [0.15, 0.2) is 0 Å². The molecule has 1 N–H and O–H groups in total. The lowest BCUT2D eigenvalue weighted by Gasteiger charge is -2.60. The third-order valence-corrected chi connectivity index (χ3v) is 9.96. The van der Waals surface area contributed by atoms with Gasteiger partial charge in [-0.1, -0.05) is 13.8 Å². The van der Waals surface area contributed by atoms with Gasteiger partial charge in [0.2, 0.25) is 0 Å². The van der Waals surface area contributed by atoms with Gasteiger partial charge in [-0.2, -0.15) is 0 Å². The molecule has 0 radical (unpaired) electrons. The molecule has 0 aromatic rings. The highest BCUT2D eigenvalue weighted by Crippen LogP contribution is 2.67. The van der Waals surface area contributed by atoms with E-state index in [9.17, 15) is 9.90 Å². The largest absolute Gasteiger partial charge is 0.393 e. The maximum atomic E-state index is 13.4. The van der Waals surface area contributed by atoms with Crippen LogP contribution < -0.4 is 0 Å². The highest BCUT2D eigenvalue weighted by atomic mass is 16.7. The molecule has 0 aromatic heterocycles. The number of fused-ring (bicyclic) bond motifs is 6.